The number of carbonyl (C=O) groups excluding carboxylic acids is 2. The lowest BCUT2D eigenvalue weighted by atomic mass is 9.75. The molecule has 0 unspecified atom stereocenters. The van der Waals surface area contributed by atoms with Crippen LogP contribution < -0.4 is 22.5 Å². The molecule has 0 radical (unpaired) electrons. The Bertz CT molecular complexity index is 1730. The number of carbonyl (C=O) groups is 2. The van der Waals surface area contributed by atoms with Crippen LogP contribution in [0.25, 0.3) is 21.8 Å². The van der Waals surface area contributed by atoms with E-state index in [2.05, 4.69) is 52.1 Å². The van der Waals surface area contributed by atoms with Gasteiger partial charge < -0.3 is 47.6 Å². The summed E-state index contributed by atoms with van der Waals surface area (Å²) < 4.78 is 1.69. The molecule has 2 aromatic heterocycles. The lowest BCUT2D eigenvalue weighted by Crippen LogP contribution is -2.59. The van der Waals surface area contributed by atoms with Crippen LogP contribution in [0.4, 0.5) is 0 Å². The van der Waals surface area contributed by atoms with Gasteiger partial charge in [-0.3, -0.25) is 14.6 Å². The average Bonchev–Trinajstić information content (AvgIpc) is 3.63. The summed E-state index contributed by atoms with van der Waals surface area (Å²) >= 11 is 6.97. The number of hydrogen-bond acceptors (Lipinski definition) is 6. The number of halogens is 2. The molecule has 45 heavy (non-hydrogen) atoms. The second-order valence-corrected chi connectivity index (χ2v) is 13.3. The summed E-state index contributed by atoms with van der Waals surface area (Å²) in [6, 6.07) is 11.2. The standard InChI is InChI=1S/C31H38Br2N8O4/c32-19-5-7-21-18(16-39-24(21)13-19)15-30(44)26(23-17-40-25-14-20(33)6-8-22(23)25)31(45,41(28(30)43)12-4-1-9-34)27(42)37-10-2-3-11-38-29(35)36/h5-8,13-14,16-17,26,39-40,44-45H,1-4,9-12,15,34H2,(H,37,42)(H4,35,36,38)/t26-,30+,31+/m1/s1. The summed E-state index contributed by atoms with van der Waals surface area (Å²) in [4.78, 5) is 40.1. The molecule has 11 N–H and O–H groups in total. The summed E-state index contributed by atoms with van der Waals surface area (Å²) in [6.07, 6.45) is 5.37. The highest BCUT2D eigenvalue weighted by Gasteiger charge is 2.70. The number of hydrogen-bond donors (Lipinski definition) is 8. The van der Waals surface area contributed by atoms with Crippen molar-refractivity contribution in [3.05, 3.63) is 68.9 Å². The Morgan fingerprint density at radius 3 is 2.33 bits per heavy atom. The van der Waals surface area contributed by atoms with Gasteiger partial charge in [0.2, 0.25) is 5.72 Å². The maximum Gasteiger partial charge on any atom is 0.274 e. The minimum atomic E-state index is -2.42. The first-order chi connectivity index (χ1) is 21.5. The van der Waals surface area contributed by atoms with Crippen LogP contribution >= 0.6 is 31.9 Å². The number of nitrogens with zero attached hydrogens (tertiary/aromatic N) is 2. The van der Waals surface area contributed by atoms with Crippen LogP contribution in [0.5, 0.6) is 0 Å². The number of rotatable bonds is 13. The number of aliphatic hydroxyl groups is 2. The van der Waals surface area contributed by atoms with Gasteiger partial charge in [-0.05, 0) is 67.6 Å². The predicted molar refractivity (Wildman–Crippen MR) is 181 cm³/mol. The van der Waals surface area contributed by atoms with E-state index in [4.69, 9.17) is 17.2 Å². The lowest BCUT2D eigenvalue weighted by molar-refractivity contribution is -0.167. The number of aromatic amines is 2. The number of aliphatic imine (C=N–C) groups is 1. The van der Waals surface area contributed by atoms with Crippen LogP contribution in [0.3, 0.4) is 0 Å². The van der Waals surface area contributed by atoms with Crippen molar-refractivity contribution in [2.45, 2.75) is 49.3 Å². The van der Waals surface area contributed by atoms with Crippen molar-refractivity contribution in [2.75, 3.05) is 26.2 Å². The summed E-state index contributed by atoms with van der Waals surface area (Å²) in [5.41, 5.74) is 14.6. The van der Waals surface area contributed by atoms with Crippen molar-refractivity contribution in [3.63, 3.8) is 0 Å². The van der Waals surface area contributed by atoms with Gasteiger partial charge in [-0.15, -0.1) is 0 Å². The van der Waals surface area contributed by atoms with Crippen LogP contribution in [-0.4, -0.2) is 80.4 Å². The van der Waals surface area contributed by atoms with E-state index in [9.17, 15) is 19.8 Å². The highest BCUT2D eigenvalue weighted by Crippen LogP contribution is 2.51. The highest BCUT2D eigenvalue weighted by molar-refractivity contribution is 9.10. The van der Waals surface area contributed by atoms with Gasteiger partial charge in [0.05, 0.1) is 5.92 Å². The highest BCUT2D eigenvalue weighted by atomic mass is 79.9. The molecule has 12 nitrogen and oxygen atoms in total. The number of H-pyrrole nitrogens is 2. The average molecular weight is 747 g/mol. The summed E-state index contributed by atoms with van der Waals surface area (Å²) in [7, 11) is 0. The van der Waals surface area contributed by atoms with Crippen molar-refractivity contribution >= 4 is 71.4 Å². The van der Waals surface area contributed by atoms with Gasteiger partial charge >= 0.3 is 0 Å². The Hall–Kier alpha value is -3.43. The smallest absolute Gasteiger partial charge is 0.274 e. The van der Waals surface area contributed by atoms with Gasteiger partial charge in [-0.25, -0.2) is 0 Å². The van der Waals surface area contributed by atoms with Crippen LogP contribution in [-0.2, 0) is 16.0 Å². The monoisotopic (exact) mass is 744 g/mol. The Labute approximate surface area is 277 Å². The molecule has 14 heteroatoms. The van der Waals surface area contributed by atoms with E-state index in [0.717, 1.165) is 30.3 Å². The molecule has 1 saturated heterocycles. The molecule has 0 aliphatic carbocycles. The van der Waals surface area contributed by atoms with Crippen molar-refractivity contribution < 1.29 is 19.8 Å². The van der Waals surface area contributed by atoms with E-state index < -0.39 is 29.1 Å². The molecule has 0 spiro atoms. The second kappa shape index (κ2) is 13.5. The quantitative estimate of drug-likeness (QED) is 0.0582. The SMILES string of the molecule is NCCCCN1C(=O)[C@](O)(Cc2c[nH]c3cc(Br)ccc23)[C@@H](c2c[nH]c3cc(Br)ccc23)[C@]1(O)C(=O)NCCCCN=C(N)N. The van der Waals surface area contributed by atoms with Gasteiger partial charge in [0, 0.05) is 69.2 Å². The topological polar surface area (TPSA) is 212 Å². The molecule has 3 atom stereocenters. The molecule has 2 aromatic carbocycles. The summed E-state index contributed by atoms with van der Waals surface area (Å²) in [5.74, 6) is -2.87. The third-order valence-electron chi connectivity index (χ3n) is 8.42. The molecular weight excluding hydrogens is 708 g/mol. The molecule has 4 aromatic rings. The zero-order chi connectivity index (χ0) is 32.4. The van der Waals surface area contributed by atoms with Gasteiger partial charge in [-0.2, -0.15) is 0 Å². The Kier molecular flexibility index (Phi) is 9.89. The van der Waals surface area contributed by atoms with Crippen LogP contribution in [0.1, 0.15) is 42.7 Å². The largest absolute Gasteiger partial charge is 0.379 e. The molecular formula is C31H38Br2N8O4. The molecule has 3 heterocycles. The fraction of sp³-hybridized carbons (Fsp3) is 0.387. The molecule has 0 bridgehead atoms. The van der Waals surface area contributed by atoms with E-state index in [1.54, 1.807) is 12.4 Å². The van der Waals surface area contributed by atoms with E-state index in [0.29, 0.717) is 55.3 Å². The van der Waals surface area contributed by atoms with Gasteiger partial charge in [0.1, 0.15) is 0 Å². The van der Waals surface area contributed by atoms with E-state index in [-0.39, 0.29) is 25.5 Å². The number of fused-ring (bicyclic) bond motifs is 2. The fourth-order valence-electron chi connectivity index (χ4n) is 6.32. The normalized spacial score (nSPS) is 21.6. The summed E-state index contributed by atoms with van der Waals surface area (Å²) in [6.45, 7) is 0.992. The van der Waals surface area contributed by atoms with Gasteiger partial charge in [-0.1, -0.05) is 44.0 Å². The molecule has 5 rings (SSSR count). The molecule has 1 fully saturated rings. The van der Waals surface area contributed by atoms with Gasteiger partial charge in [0.25, 0.3) is 11.8 Å². The Balaban J connectivity index is 1.60. The Morgan fingerprint density at radius 2 is 1.64 bits per heavy atom. The number of unbranched alkanes of at least 4 members (excludes halogenated alkanes) is 2. The van der Waals surface area contributed by atoms with Crippen molar-refractivity contribution in [3.8, 4) is 0 Å². The van der Waals surface area contributed by atoms with Crippen molar-refractivity contribution in [2.24, 2.45) is 22.2 Å². The first-order valence-corrected chi connectivity index (χ1v) is 16.4. The van der Waals surface area contributed by atoms with Crippen molar-refractivity contribution in [1.29, 1.82) is 0 Å². The minimum absolute atomic E-state index is 0.0124. The zero-order valence-electron chi connectivity index (χ0n) is 24.7. The van der Waals surface area contributed by atoms with E-state index in [1.807, 2.05) is 36.4 Å². The molecule has 2 amide bonds. The number of amides is 2. The Morgan fingerprint density at radius 1 is 0.978 bits per heavy atom. The third-order valence-corrected chi connectivity index (χ3v) is 9.40. The number of likely N-dealkylation sites (tertiary alicyclic amines) is 1. The third kappa shape index (κ3) is 6.34. The fourth-order valence-corrected chi connectivity index (χ4v) is 7.05. The maximum atomic E-state index is 14.5. The number of guanidine groups is 1. The number of nitrogens with one attached hydrogen (secondary N) is 3. The second-order valence-electron chi connectivity index (χ2n) is 11.4. The first-order valence-electron chi connectivity index (χ1n) is 14.8. The number of nitrogens with two attached hydrogens (primary N) is 3. The first kappa shape index (κ1) is 32.9. The van der Waals surface area contributed by atoms with Crippen LogP contribution in [0.2, 0.25) is 0 Å². The summed E-state index contributed by atoms with van der Waals surface area (Å²) in [5, 5.41) is 29.6. The molecule has 1 aliphatic heterocycles. The van der Waals surface area contributed by atoms with Crippen LogP contribution in [0, 0.1) is 0 Å². The predicted octanol–water partition coefficient (Wildman–Crippen LogP) is 2.67. The van der Waals surface area contributed by atoms with Crippen molar-refractivity contribution in [1.82, 2.24) is 20.2 Å². The molecule has 0 saturated carbocycles. The van der Waals surface area contributed by atoms with Gasteiger partial charge in [0.15, 0.2) is 11.6 Å². The number of aromatic nitrogens is 2. The lowest BCUT2D eigenvalue weighted by Gasteiger charge is -2.37. The minimum Gasteiger partial charge on any atom is -0.379 e. The van der Waals surface area contributed by atoms with Crippen LogP contribution in [0.15, 0.2) is 62.7 Å². The molecule has 240 valence electrons. The maximum absolute atomic E-state index is 14.5. The van der Waals surface area contributed by atoms with E-state index >= 15 is 0 Å². The number of benzene rings is 2. The van der Waals surface area contributed by atoms with E-state index in [1.165, 1.54) is 0 Å². The zero-order valence-corrected chi connectivity index (χ0v) is 27.8. The molecule has 1 aliphatic rings.